The molecule has 1 aromatic heterocycles. The predicted octanol–water partition coefficient (Wildman–Crippen LogP) is 1.26. The van der Waals surface area contributed by atoms with Gasteiger partial charge in [-0.3, -0.25) is 29.4 Å². The zero-order valence-corrected chi connectivity index (χ0v) is 18.1. The third-order valence-corrected chi connectivity index (χ3v) is 5.87. The summed E-state index contributed by atoms with van der Waals surface area (Å²) in [5, 5.41) is 10.2. The number of amides is 4. The number of rotatable bonds is 4. The first-order valence-electron chi connectivity index (χ1n) is 10.5. The third-order valence-electron chi connectivity index (χ3n) is 5.87. The highest BCUT2D eigenvalue weighted by Gasteiger charge is 2.46. The summed E-state index contributed by atoms with van der Waals surface area (Å²) in [7, 11) is 1.12. The lowest BCUT2D eigenvalue weighted by atomic mass is 10.0. The number of aromatic nitrogens is 3. The van der Waals surface area contributed by atoms with Gasteiger partial charge < -0.3 is 4.74 Å². The molecule has 2 aliphatic rings. The predicted molar refractivity (Wildman–Crippen MR) is 115 cm³/mol. The van der Waals surface area contributed by atoms with Crippen LogP contribution in [0.15, 0.2) is 42.6 Å². The molecule has 0 bridgehead atoms. The van der Waals surface area contributed by atoms with Crippen LogP contribution in [-0.4, -0.2) is 62.6 Å². The van der Waals surface area contributed by atoms with E-state index in [1.54, 1.807) is 0 Å². The average Bonchev–Trinajstić information content (AvgIpc) is 3.43. The summed E-state index contributed by atoms with van der Waals surface area (Å²) < 4.78 is 20.2. The zero-order chi connectivity index (χ0) is 24.9. The maximum Gasteiger partial charge on any atom is 0.341 e. The number of hydrogen-bond donors (Lipinski definition) is 1. The van der Waals surface area contributed by atoms with Crippen molar-refractivity contribution in [2.45, 2.75) is 18.9 Å². The molecule has 5 rings (SSSR count). The summed E-state index contributed by atoms with van der Waals surface area (Å²) in [5.41, 5.74) is 0.201. The van der Waals surface area contributed by atoms with E-state index in [1.165, 1.54) is 41.2 Å². The number of imide groups is 2. The molecule has 4 amide bonds. The number of piperidine rings is 1. The van der Waals surface area contributed by atoms with E-state index in [-0.39, 0.29) is 46.5 Å². The first kappa shape index (κ1) is 22.1. The fourth-order valence-corrected chi connectivity index (χ4v) is 4.24. The zero-order valence-electron chi connectivity index (χ0n) is 18.1. The summed E-state index contributed by atoms with van der Waals surface area (Å²) in [5.74, 6) is -4.27. The van der Waals surface area contributed by atoms with E-state index >= 15 is 0 Å². The molecule has 3 aromatic rings. The Morgan fingerprint density at radius 2 is 1.83 bits per heavy atom. The van der Waals surface area contributed by atoms with Crippen molar-refractivity contribution in [2.75, 3.05) is 7.11 Å². The van der Waals surface area contributed by atoms with Crippen LogP contribution in [-0.2, 0) is 14.3 Å². The van der Waals surface area contributed by atoms with Crippen molar-refractivity contribution in [3.63, 3.8) is 0 Å². The van der Waals surface area contributed by atoms with Crippen molar-refractivity contribution in [3.8, 4) is 16.9 Å². The minimum atomic E-state index is -1.12. The third kappa shape index (κ3) is 3.46. The second kappa shape index (κ2) is 8.24. The summed E-state index contributed by atoms with van der Waals surface area (Å²) in [4.78, 5) is 63.1. The first-order valence-corrected chi connectivity index (χ1v) is 10.5. The lowest BCUT2D eigenvalue weighted by Gasteiger charge is -2.27. The summed E-state index contributed by atoms with van der Waals surface area (Å²) in [6.07, 6.45) is 1.40. The Morgan fingerprint density at radius 3 is 2.57 bits per heavy atom. The maximum absolute atomic E-state index is 14.4. The van der Waals surface area contributed by atoms with Gasteiger partial charge in [0, 0.05) is 12.0 Å². The molecule has 176 valence electrons. The number of carbonyl (C=O) groups is 5. The van der Waals surface area contributed by atoms with E-state index in [2.05, 4.69) is 20.4 Å². The molecule has 2 aliphatic heterocycles. The number of fused-ring (bicyclic) bond motifs is 1. The number of methoxy groups -OCH3 is 1. The van der Waals surface area contributed by atoms with E-state index in [1.807, 2.05) is 0 Å². The number of nitrogens with one attached hydrogen (secondary N) is 1. The molecule has 1 unspecified atom stereocenters. The average molecular weight is 477 g/mol. The number of nitrogens with zero attached hydrogens (tertiary/aromatic N) is 4. The van der Waals surface area contributed by atoms with Crippen molar-refractivity contribution < 1.29 is 33.1 Å². The van der Waals surface area contributed by atoms with Crippen molar-refractivity contribution in [2.24, 2.45) is 0 Å². The molecule has 12 heteroatoms. The first-order chi connectivity index (χ1) is 16.8. The van der Waals surface area contributed by atoms with Gasteiger partial charge in [-0.05, 0) is 24.6 Å². The Labute approximate surface area is 196 Å². The molecule has 35 heavy (non-hydrogen) atoms. The largest absolute Gasteiger partial charge is 0.465 e. The minimum Gasteiger partial charge on any atom is -0.465 e. The second-order valence-electron chi connectivity index (χ2n) is 7.85. The van der Waals surface area contributed by atoms with Crippen LogP contribution in [0.4, 0.5) is 4.39 Å². The van der Waals surface area contributed by atoms with Crippen LogP contribution >= 0.6 is 0 Å². The van der Waals surface area contributed by atoms with Crippen LogP contribution in [0.2, 0.25) is 0 Å². The molecule has 1 N–H and O–H groups in total. The van der Waals surface area contributed by atoms with Crippen LogP contribution in [0.25, 0.3) is 16.9 Å². The summed E-state index contributed by atoms with van der Waals surface area (Å²) in [6, 6.07) is 7.38. The number of halogens is 1. The molecule has 0 saturated carbocycles. The van der Waals surface area contributed by atoms with E-state index in [0.717, 1.165) is 18.1 Å². The van der Waals surface area contributed by atoms with Gasteiger partial charge >= 0.3 is 5.97 Å². The summed E-state index contributed by atoms with van der Waals surface area (Å²) in [6.45, 7) is 0. The van der Waals surface area contributed by atoms with Crippen LogP contribution in [0, 0.1) is 5.82 Å². The lowest BCUT2D eigenvalue weighted by molar-refractivity contribution is -0.136. The molecular weight excluding hydrogens is 461 g/mol. The molecule has 0 spiro atoms. The Morgan fingerprint density at radius 1 is 1.09 bits per heavy atom. The maximum atomic E-state index is 14.4. The second-order valence-corrected chi connectivity index (χ2v) is 7.85. The molecule has 1 saturated heterocycles. The molecule has 0 aliphatic carbocycles. The van der Waals surface area contributed by atoms with E-state index in [4.69, 9.17) is 0 Å². The Bertz CT molecular complexity index is 1450. The molecular formula is C23H16FN5O6. The minimum absolute atomic E-state index is 0.000726. The standard InChI is InChI=1S/C23H16FN5O6/c1-35-23(34)18-11(4-2-6-13(18)24)14-10-28(27-26-14)15-7-3-5-12-19(15)22(33)29(21(12)32)16-8-9-17(30)25-20(16)31/h2-7,10,16H,8-9H2,1H3,(H,25,30,31). The van der Waals surface area contributed by atoms with Gasteiger partial charge in [0.15, 0.2) is 0 Å². The number of ether oxygens (including phenoxy) is 1. The van der Waals surface area contributed by atoms with Crippen LogP contribution in [0.1, 0.15) is 43.9 Å². The lowest BCUT2D eigenvalue weighted by Crippen LogP contribution is -2.54. The monoisotopic (exact) mass is 477 g/mol. The van der Waals surface area contributed by atoms with Gasteiger partial charge in [-0.25, -0.2) is 13.9 Å². The van der Waals surface area contributed by atoms with Gasteiger partial charge in [0.1, 0.15) is 23.1 Å². The quantitative estimate of drug-likeness (QED) is 0.438. The highest BCUT2D eigenvalue weighted by molar-refractivity contribution is 6.24. The number of hydrogen-bond acceptors (Lipinski definition) is 8. The van der Waals surface area contributed by atoms with Gasteiger partial charge in [-0.1, -0.05) is 23.4 Å². The van der Waals surface area contributed by atoms with Gasteiger partial charge in [0.05, 0.1) is 30.1 Å². The number of benzene rings is 2. The van der Waals surface area contributed by atoms with Gasteiger partial charge in [-0.15, -0.1) is 5.10 Å². The molecule has 1 fully saturated rings. The van der Waals surface area contributed by atoms with Gasteiger partial charge in [-0.2, -0.15) is 0 Å². The molecule has 3 heterocycles. The number of carbonyl (C=O) groups excluding carboxylic acids is 5. The highest BCUT2D eigenvalue weighted by Crippen LogP contribution is 2.32. The highest BCUT2D eigenvalue weighted by atomic mass is 19.1. The van der Waals surface area contributed by atoms with Crippen molar-refractivity contribution in [1.29, 1.82) is 0 Å². The number of esters is 1. The molecule has 11 nitrogen and oxygen atoms in total. The fourth-order valence-electron chi connectivity index (χ4n) is 4.24. The Balaban J connectivity index is 1.55. The smallest absolute Gasteiger partial charge is 0.341 e. The summed E-state index contributed by atoms with van der Waals surface area (Å²) >= 11 is 0. The van der Waals surface area contributed by atoms with Crippen molar-refractivity contribution in [3.05, 3.63) is 65.1 Å². The SMILES string of the molecule is COC(=O)c1c(F)cccc1-c1cn(-c2cccc3c2C(=O)N(C2CCC(=O)NC2=O)C3=O)nn1. The van der Waals surface area contributed by atoms with E-state index in [9.17, 15) is 28.4 Å². The van der Waals surface area contributed by atoms with Crippen LogP contribution < -0.4 is 5.32 Å². The normalized spacial score (nSPS) is 17.4. The Kier molecular flexibility index (Phi) is 5.20. The van der Waals surface area contributed by atoms with E-state index in [0.29, 0.717) is 0 Å². The van der Waals surface area contributed by atoms with Crippen LogP contribution in [0.5, 0.6) is 0 Å². The van der Waals surface area contributed by atoms with E-state index < -0.39 is 41.5 Å². The molecule has 2 aromatic carbocycles. The molecule has 0 radical (unpaired) electrons. The fraction of sp³-hybridized carbons (Fsp3) is 0.174. The van der Waals surface area contributed by atoms with Crippen molar-refractivity contribution >= 4 is 29.6 Å². The van der Waals surface area contributed by atoms with Gasteiger partial charge in [0.2, 0.25) is 11.8 Å². The topological polar surface area (TPSA) is 141 Å². The molecule has 1 atom stereocenters. The van der Waals surface area contributed by atoms with Gasteiger partial charge in [0.25, 0.3) is 11.8 Å². The van der Waals surface area contributed by atoms with Crippen LogP contribution in [0.3, 0.4) is 0 Å². The Hall–Kier alpha value is -4.74. The van der Waals surface area contributed by atoms with Crippen molar-refractivity contribution in [1.82, 2.24) is 25.2 Å².